The molecule has 2 N–H and O–H groups in total. The summed E-state index contributed by atoms with van der Waals surface area (Å²) < 4.78 is 18.3. The van der Waals surface area contributed by atoms with Crippen molar-refractivity contribution >= 4 is 29.3 Å². The van der Waals surface area contributed by atoms with Gasteiger partial charge in [0.1, 0.15) is 22.6 Å². The third-order valence-corrected chi connectivity index (χ3v) is 7.49. The molecular weight excluding hydrogens is 624 g/mol. The van der Waals surface area contributed by atoms with Crippen molar-refractivity contribution in [1.29, 1.82) is 0 Å². The van der Waals surface area contributed by atoms with Crippen LogP contribution in [0.3, 0.4) is 0 Å². The monoisotopic (exact) mass is 676 g/mol. The predicted octanol–water partition coefficient (Wildman–Crippen LogP) is 7.07. The zero-order valence-corrected chi connectivity index (χ0v) is 30.4. The van der Waals surface area contributed by atoms with Crippen molar-refractivity contribution in [2.24, 2.45) is 0 Å². The van der Waals surface area contributed by atoms with Gasteiger partial charge in [-0.1, -0.05) is 24.3 Å². The number of aryl methyl sites for hydroxylation is 1. The largest absolute Gasteiger partial charge is 0.444 e. The topological polar surface area (TPSA) is 137 Å². The van der Waals surface area contributed by atoms with Crippen LogP contribution in [0.25, 0.3) is 11.0 Å². The summed E-state index contributed by atoms with van der Waals surface area (Å²) in [4.78, 5) is 50.7. The Hall–Kier alpha value is -4.45. The SMILES string of the molecule is CC(C)(C)OC(=O)NCC(=CCN(Cc1nc2ccccc2n1C(=O)OC(C)(C)C)[C@H]1CCCc2cccnc21)CNC(=O)OC(C)(C)C. The third kappa shape index (κ3) is 11.3. The minimum absolute atomic E-state index is 0.0769. The molecule has 0 spiro atoms. The lowest BCUT2D eigenvalue weighted by molar-refractivity contribution is 0.0518. The smallest absolute Gasteiger partial charge is 0.420 e. The number of para-hydroxylation sites is 2. The lowest BCUT2D eigenvalue weighted by atomic mass is 9.90. The lowest BCUT2D eigenvalue weighted by Gasteiger charge is -2.34. The van der Waals surface area contributed by atoms with Gasteiger partial charge in [0, 0.05) is 25.8 Å². The maximum atomic E-state index is 13.6. The van der Waals surface area contributed by atoms with E-state index in [0.717, 1.165) is 30.5 Å². The molecule has 2 amide bonds. The highest BCUT2D eigenvalue weighted by molar-refractivity contribution is 5.87. The molecule has 1 aliphatic rings. The average molecular weight is 677 g/mol. The van der Waals surface area contributed by atoms with Crippen LogP contribution in [0.1, 0.15) is 98.3 Å². The maximum absolute atomic E-state index is 13.6. The molecule has 1 aromatic carbocycles. The molecule has 0 saturated carbocycles. The molecule has 12 heteroatoms. The Labute approximate surface area is 289 Å². The van der Waals surface area contributed by atoms with E-state index in [4.69, 9.17) is 24.2 Å². The van der Waals surface area contributed by atoms with Gasteiger partial charge in [-0.2, -0.15) is 0 Å². The van der Waals surface area contributed by atoms with Gasteiger partial charge in [0.2, 0.25) is 0 Å². The lowest BCUT2D eigenvalue weighted by Crippen LogP contribution is -2.38. The Morgan fingerprint density at radius 1 is 0.878 bits per heavy atom. The highest BCUT2D eigenvalue weighted by Gasteiger charge is 2.30. The zero-order valence-electron chi connectivity index (χ0n) is 30.4. The number of hydrogen-bond donors (Lipinski definition) is 2. The van der Waals surface area contributed by atoms with Crippen molar-refractivity contribution in [3.8, 4) is 0 Å². The van der Waals surface area contributed by atoms with Gasteiger partial charge >= 0.3 is 18.3 Å². The Balaban J connectivity index is 1.71. The number of carbonyl (C=O) groups excluding carboxylic acids is 3. The average Bonchev–Trinajstić information content (AvgIpc) is 3.35. The number of nitrogens with one attached hydrogen (secondary N) is 2. The number of nitrogens with zero attached hydrogens (tertiary/aromatic N) is 4. The maximum Gasteiger partial charge on any atom is 0.420 e. The standard InChI is InChI=1S/C37H52N6O6/c1-35(2,3)47-32(44)39-22-25(23-40-33(45)48-36(4,5)6)19-21-42(29-18-12-14-26-15-13-20-38-31(26)29)24-30-41-27-16-10-11-17-28(27)43(30)34(46)49-37(7,8)9/h10-11,13,15-17,19-20,29H,12,14,18,21-24H2,1-9H3,(H,39,44)(H,40,45)/t29-/m0/s1. The van der Waals surface area contributed by atoms with Crippen molar-refractivity contribution in [2.75, 3.05) is 19.6 Å². The first kappa shape index (κ1) is 37.4. The van der Waals surface area contributed by atoms with E-state index in [1.54, 1.807) is 46.1 Å². The molecule has 0 saturated heterocycles. The van der Waals surface area contributed by atoms with Crippen molar-refractivity contribution in [3.63, 3.8) is 0 Å². The molecule has 1 atom stereocenters. The molecule has 0 unspecified atom stereocenters. The van der Waals surface area contributed by atoms with Crippen molar-refractivity contribution in [2.45, 2.75) is 111 Å². The fourth-order valence-electron chi connectivity index (χ4n) is 5.57. The second kappa shape index (κ2) is 15.4. The number of fused-ring (bicyclic) bond motifs is 2. The zero-order chi connectivity index (χ0) is 36.0. The van der Waals surface area contributed by atoms with Crippen molar-refractivity contribution in [1.82, 2.24) is 30.1 Å². The van der Waals surface area contributed by atoms with Crippen LogP contribution in [-0.2, 0) is 27.2 Å². The summed E-state index contributed by atoms with van der Waals surface area (Å²) in [5.74, 6) is 0.534. The van der Waals surface area contributed by atoms with Gasteiger partial charge in [0.05, 0.1) is 29.3 Å². The molecule has 266 valence electrons. The number of ether oxygens (including phenoxy) is 3. The van der Waals surface area contributed by atoms with E-state index in [9.17, 15) is 14.4 Å². The summed E-state index contributed by atoms with van der Waals surface area (Å²) in [6.07, 6.45) is 4.91. The van der Waals surface area contributed by atoms with E-state index < -0.39 is 35.1 Å². The van der Waals surface area contributed by atoms with Crippen LogP contribution in [0.5, 0.6) is 0 Å². The molecule has 1 aliphatic carbocycles. The van der Waals surface area contributed by atoms with Crippen LogP contribution in [0.2, 0.25) is 0 Å². The van der Waals surface area contributed by atoms with Crippen LogP contribution < -0.4 is 10.6 Å². The van der Waals surface area contributed by atoms with Gasteiger partial charge in [-0.15, -0.1) is 0 Å². The van der Waals surface area contributed by atoms with E-state index in [-0.39, 0.29) is 19.1 Å². The summed E-state index contributed by atoms with van der Waals surface area (Å²) in [5.41, 5.74) is 2.22. The van der Waals surface area contributed by atoms with E-state index >= 15 is 0 Å². The summed E-state index contributed by atoms with van der Waals surface area (Å²) in [6.45, 7) is 17.3. The first-order valence-corrected chi connectivity index (χ1v) is 16.9. The molecular formula is C37H52N6O6. The number of pyridine rings is 1. The molecule has 0 bridgehead atoms. The number of hydrogen-bond acceptors (Lipinski definition) is 9. The summed E-state index contributed by atoms with van der Waals surface area (Å²) in [5, 5.41) is 5.63. The van der Waals surface area contributed by atoms with Crippen LogP contribution >= 0.6 is 0 Å². The number of amides is 2. The molecule has 12 nitrogen and oxygen atoms in total. The summed E-state index contributed by atoms with van der Waals surface area (Å²) >= 11 is 0. The number of rotatable bonds is 9. The molecule has 2 aromatic heterocycles. The fraction of sp³-hybridized carbons (Fsp3) is 0.541. The minimum atomic E-state index is -0.703. The predicted molar refractivity (Wildman–Crippen MR) is 188 cm³/mol. The quantitative estimate of drug-likeness (QED) is 0.180. The second-order valence-corrected chi connectivity index (χ2v) is 15.3. The Kier molecular flexibility index (Phi) is 11.7. The number of alkyl carbamates (subject to hydrolysis) is 2. The van der Waals surface area contributed by atoms with E-state index in [1.807, 2.05) is 63.4 Å². The number of carbonyl (C=O) groups is 3. The number of aromatic nitrogens is 3. The van der Waals surface area contributed by atoms with Crippen LogP contribution in [0.15, 0.2) is 54.2 Å². The molecule has 4 rings (SSSR count). The minimum Gasteiger partial charge on any atom is -0.444 e. The molecule has 49 heavy (non-hydrogen) atoms. The Bertz CT molecular complexity index is 1630. The fourth-order valence-corrected chi connectivity index (χ4v) is 5.57. The normalized spacial score (nSPS) is 14.9. The molecule has 0 aliphatic heterocycles. The molecule has 0 radical (unpaired) electrons. The van der Waals surface area contributed by atoms with E-state index in [2.05, 4.69) is 21.6 Å². The van der Waals surface area contributed by atoms with E-state index in [0.29, 0.717) is 29.9 Å². The van der Waals surface area contributed by atoms with Crippen LogP contribution in [0, 0.1) is 0 Å². The molecule has 2 heterocycles. The first-order chi connectivity index (χ1) is 22.9. The van der Waals surface area contributed by atoms with Crippen molar-refractivity contribution < 1.29 is 28.6 Å². The Morgan fingerprint density at radius 2 is 1.49 bits per heavy atom. The van der Waals surface area contributed by atoms with Crippen LogP contribution in [-0.4, -0.2) is 74.2 Å². The van der Waals surface area contributed by atoms with Crippen molar-refractivity contribution in [3.05, 3.63) is 71.3 Å². The summed E-state index contributed by atoms with van der Waals surface area (Å²) in [7, 11) is 0. The van der Waals surface area contributed by atoms with Gasteiger partial charge in [0.25, 0.3) is 0 Å². The van der Waals surface area contributed by atoms with Gasteiger partial charge < -0.3 is 24.8 Å². The highest BCUT2D eigenvalue weighted by atomic mass is 16.6. The number of imidazole rings is 1. The van der Waals surface area contributed by atoms with Gasteiger partial charge in [0.15, 0.2) is 0 Å². The third-order valence-electron chi connectivity index (χ3n) is 7.49. The van der Waals surface area contributed by atoms with Gasteiger partial charge in [-0.25, -0.2) is 23.9 Å². The highest BCUT2D eigenvalue weighted by Crippen LogP contribution is 2.34. The Morgan fingerprint density at radius 3 is 2.10 bits per heavy atom. The second-order valence-electron chi connectivity index (χ2n) is 15.3. The first-order valence-electron chi connectivity index (χ1n) is 16.9. The van der Waals surface area contributed by atoms with E-state index in [1.165, 1.54) is 5.56 Å². The molecule has 3 aromatic rings. The number of benzene rings is 1. The molecule has 0 fully saturated rings. The van der Waals surface area contributed by atoms with Gasteiger partial charge in [-0.3, -0.25) is 9.88 Å². The van der Waals surface area contributed by atoms with Crippen LogP contribution in [0.4, 0.5) is 14.4 Å². The van der Waals surface area contributed by atoms with Gasteiger partial charge in [-0.05, 0) is 111 Å². The summed E-state index contributed by atoms with van der Waals surface area (Å²) in [6, 6.07) is 11.5.